The maximum Gasteiger partial charge on any atom is 0.419 e. The van der Waals surface area contributed by atoms with Crippen LogP contribution in [0.2, 0.25) is 5.31 Å². The van der Waals surface area contributed by atoms with Crippen molar-refractivity contribution >= 4 is 6.98 Å². The highest BCUT2D eigenvalue weighted by atomic mass is 15.7. The summed E-state index contributed by atoms with van der Waals surface area (Å²) < 4.78 is 0. The van der Waals surface area contributed by atoms with Crippen LogP contribution in [0.1, 0.15) is 47.1 Å². The Bertz CT molecular complexity index is 473. The topological polar surface area (TPSA) is 31.2 Å². The maximum atomic E-state index is 4.42. The molecule has 1 heterocycles. The number of nitrogens with zero attached hydrogens (tertiary/aromatic N) is 4. The van der Waals surface area contributed by atoms with Crippen LogP contribution < -0.4 is 0 Å². The molecule has 0 atom stereocenters. The van der Waals surface area contributed by atoms with Gasteiger partial charge in [0.1, 0.15) is 0 Å². The van der Waals surface area contributed by atoms with Crippen LogP contribution in [0.15, 0.2) is 40.8 Å². The van der Waals surface area contributed by atoms with Crippen LogP contribution in [0.4, 0.5) is 0 Å². The lowest BCUT2D eigenvalue weighted by Gasteiger charge is -2.40. The van der Waals surface area contributed by atoms with Crippen molar-refractivity contribution in [1.82, 2.24) is 9.84 Å². The van der Waals surface area contributed by atoms with Crippen molar-refractivity contribution in [2.45, 2.75) is 58.9 Å². The lowest BCUT2D eigenvalue weighted by Crippen LogP contribution is -2.55. The number of rotatable bonds is 2. The van der Waals surface area contributed by atoms with Crippen molar-refractivity contribution in [3.63, 3.8) is 0 Å². The van der Waals surface area contributed by atoms with Crippen molar-refractivity contribution in [3.05, 3.63) is 35.9 Å². The van der Waals surface area contributed by atoms with Gasteiger partial charge in [-0.2, -0.15) is 0 Å². The third kappa shape index (κ3) is 3.14. The Morgan fingerprint density at radius 2 is 1.55 bits per heavy atom. The van der Waals surface area contributed by atoms with E-state index >= 15 is 0 Å². The lowest BCUT2D eigenvalue weighted by atomic mass is 9.51. The zero-order valence-corrected chi connectivity index (χ0v) is 13.5. The summed E-state index contributed by atoms with van der Waals surface area (Å²) in [6, 6.07) is 10.4. The quantitative estimate of drug-likeness (QED) is 0.756. The minimum atomic E-state index is -0.0348. The van der Waals surface area contributed by atoms with Gasteiger partial charge in [0, 0.05) is 5.54 Å². The molecule has 1 aliphatic rings. The smallest absolute Gasteiger partial charge is 0.290 e. The van der Waals surface area contributed by atoms with Crippen LogP contribution in [0.3, 0.4) is 0 Å². The SMILES string of the molecule is CC(C)(C)B1N(Cc2ccccc2)N=NN1C(C)(C)C. The van der Waals surface area contributed by atoms with Crippen molar-refractivity contribution in [2.75, 3.05) is 0 Å². The first-order chi connectivity index (χ1) is 9.19. The molecule has 0 N–H and O–H groups in total. The fraction of sp³-hybridized carbons (Fsp3) is 0.600. The Labute approximate surface area is 122 Å². The van der Waals surface area contributed by atoms with Crippen LogP contribution in [0.25, 0.3) is 0 Å². The summed E-state index contributed by atoms with van der Waals surface area (Å²) in [6.45, 7) is 14.2. The van der Waals surface area contributed by atoms with E-state index < -0.39 is 0 Å². The summed E-state index contributed by atoms with van der Waals surface area (Å²) in [5.41, 5.74) is 1.23. The average Bonchev–Trinajstić information content (AvgIpc) is 2.73. The zero-order chi connectivity index (χ0) is 15.0. The molecule has 1 aromatic rings. The minimum Gasteiger partial charge on any atom is -0.290 e. The Kier molecular flexibility index (Phi) is 3.81. The first-order valence-electron chi connectivity index (χ1n) is 7.21. The van der Waals surface area contributed by atoms with Gasteiger partial charge in [-0.25, -0.2) is 0 Å². The van der Waals surface area contributed by atoms with E-state index in [9.17, 15) is 0 Å². The molecule has 0 unspecified atom stereocenters. The normalized spacial score (nSPS) is 16.2. The first kappa shape index (κ1) is 14.9. The molecule has 108 valence electrons. The van der Waals surface area contributed by atoms with Crippen LogP contribution >= 0.6 is 0 Å². The molecule has 0 aromatic heterocycles. The highest BCUT2D eigenvalue weighted by Gasteiger charge is 2.49. The van der Waals surface area contributed by atoms with Crippen LogP contribution in [0.5, 0.6) is 0 Å². The van der Waals surface area contributed by atoms with Crippen molar-refractivity contribution in [3.8, 4) is 0 Å². The third-order valence-corrected chi connectivity index (χ3v) is 3.41. The van der Waals surface area contributed by atoms with Crippen LogP contribution in [-0.2, 0) is 6.54 Å². The Hall–Kier alpha value is -1.52. The van der Waals surface area contributed by atoms with E-state index in [4.69, 9.17) is 0 Å². The van der Waals surface area contributed by atoms with Gasteiger partial charge in [-0.3, -0.25) is 9.84 Å². The van der Waals surface area contributed by atoms with E-state index in [-0.39, 0.29) is 17.8 Å². The Balaban J connectivity index is 2.23. The van der Waals surface area contributed by atoms with Gasteiger partial charge < -0.3 is 0 Å². The van der Waals surface area contributed by atoms with E-state index in [1.807, 2.05) is 6.07 Å². The predicted octanol–water partition coefficient (Wildman–Crippen LogP) is 4.17. The first-order valence-corrected chi connectivity index (χ1v) is 7.21. The standard InChI is InChI=1S/C15H25BN4/c1-14(2,3)16-19(12-13-10-8-7-9-11-13)17-18-20(16)15(4,5)6/h7-11H,12H2,1-6H3. The van der Waals surface area contributed by atoms with Crippen LogP contribution in [-0.4, -0.2) is 22.4 Å². The van der Waals surface area contributed by atoms with E-state index in [0.717, 1.165) is 6.54 Å². The van der Waals surface area contributed by atoms with Gasteiger partial charge in [-0.15, -0.1) is 0 Å². The zero-order valence-electron chi connectivity index (χ0n) is 13.5. The highest BCUT2D eigenvalue weighted by molar-refractivity contribution is 6.56. The summed E-state index contributed by atoms with van der Waals surface area (Å²) in [5.74, 6) is 0. The summed E-state index contributed by atoms with van der Waals surface area (Å²) >= 11 is 0. The molecule has 0 bridgehead atoms. The molecular formula is C15H25BN4. The second-order valence-corrected chi connectivity index (χ2v) is 7.52. The Morgan fingerprint density at radius 1 is 0.950 bits per heavy atom. The molecule has 0 fully saturated rings. The maximum absolute atomic E-state index is 4.42. The molecule has 0 saturated heterocycles. The molecule has 0 amide bonds. The van der Waals surface area contributed by atoms with E-state index in [0.29, 0.717) is 0 Å². The molecule has 4 nitrogen and oxygen atoms in total. The highest BCUT2D eigenvalue weighted by Crippen LogP contribution is 2.38. The number of hydrogen-bond donors (Lipinski definition) is 0. The van der Waals surface area contributed by atoms with Crippen molar-refractivity contribution in [2.24, 2.45) is 10.4 Å². The summed E-state index contributed by atoms with van der Waals surface area (Å²) in [4.78, 5) is 4.22. The van der Waals surface area contributed by atoms with Gasteiger partial charge in [0.05, 0.1) is 6.54 Å². The summed E-state index contributed by atoms with van der Waals surface area (Å²) in [5, 5.41) is 8.90. The lowest BCUT2D eigenvalue weighted by molar-refractivity contribution is 0.244. The van der Waals surface area contributed by atoms with E-state index in [1.54, 1.807) is 0 Å². The van der Waals surface area contributed by atoms with Crippen molar-refractivity contribution < 1.29 is 0 Å². The van der Waals surface area contributed by atoms with Gasteiger partial charge in [0.15, 0.2) is 0 Å². The fourth-order valence-electron chi connectivity index (χ4n) is 2.52. The number of benzene rings is 1. The molecule has 20 heavy (non-hydrogen) atoms. The molecule has 0 spiro atoms. The van der Waals surface area contributed by atoms with E-state index in [2.05, 4.69) is 86.1 Å². The second kappa shape index (κ2) is 5.11. The van der Waals surface area contributed by atoms with Gasteiger partial charge in [0.25, 0.3) is 0 Å². The minimum absolute atomic E-state index is 0.0348. The van der Waals surface area contributed by atoms with Gasteiger partial charge >= 0.3 is 6.98 Å². The molecule has 1 aromatic carbocycles. The molecule has 0 radical (unpaired) electrons. The second-order valence-electron chi connectivity index (χ2n) is 7.52. The fourth-order valence-corrected chi connectivity index (χ4v) is 2.52. The molecular weight excluding hydrogens is 247 g/mol. The van der Waals surface area contributed by atoms with Crippen LogP contribution in [0, 0.1) is 0 Å². The third-order valence-electron chi connectivity index (χ3n) is 3.41. The van der Waals surface area contributed by atoms with Gasteiger partial charge in [-0.1, -0.05) is 61.5 Å². The Morgan fingerprint density at radius 3 is 2.05 bits per heavy atom. The monoisotopic (exact) mass is 272 g/mol. The summed E-state index contributed by atoms with van der Waals surface area (Å²) in [6.07, 6.45) is 0. The largest absolute Gasteiger partial charge is 0.419 e. The predicted molar refractivity (Wildman–Crippen MR) is 83.9 cm³/mol. The molecule has 1 aliphatic heterocycles. The number of hydrogen-bond acceptors (Lipinski definition) is 4. The molecule has 0 aliphatic carbocycles. The molecule has 0 saturated carbocycles. The van der Waals surface area contributed by atoms with Gasteiger partial charge in [0.2, 0.25) is 0 Å². The average molecular weight is 272 g/mol. The van der Waals surface area contributed by atoms with Crippen molar-refractivity contribution in [1.29, 1.82) is 0 Å². The molecule has 2 rings (SSSR count). The molecule has 5 heteroatoms. The summed E-state index contributed by atoms with van der Waals surface area (Å²) in [7, 11) is 0. The van der Waals surface area contributed by atoms with E-state index in [1.165, 1.54) is 5.56 Å². The van der Waals surface area contributed by atoms with Gasteiger partial charge in [-0.05, 0) is 31.6 Å².